The zero-order chi connectivity index (χ0) is 15.6. The van der Waals surface area contributed by atoms with Gasteiger partial charge in [0.2, 0.25) is 0 Å². The molecule has 6 rings (SSSR count). The molecule has 2 aromatic rings. The Morgan fingerprint density at radius 1 is 1.26 bits per heavy atom. The molecule has 3 heterocycles. The predicted molar refractivity (Wildman–Crippen MR) is 90.8 cm³/mol. The average molecular weight is 310 g/mol. The molecule has 1 aromatic heterocycles. The van der Waals surface area contributed by atoms with E-state index in [1.165, 1.54) is 23.8 Å². The summed E-state index contributed by atoms with van der Waals surface area (Å²) >= 11 is 0. The molecule has 0 radical (unpaired) electrons. The van der Waals surface area contributed by atoms with Crippen LogP contribution in [0.5, 0.6) is 0 Å². The fourth-order valence-electron chi connectivity index (χ4n) is 5.50. The van der Waals surface area contributed by atoms with E-state index in [1.807, 2.05) is 6.07 Å². The first-order valence-corrected chi connectivity index (χ1v) is 8.96. The summed E-state index contributed by atoms with van der Waals surface area (Å²) in [4.78, 5) is 5.98. The maximum Gasteiger partial charge on any atom is 0.125 e. The second-order valence-electron chi connectivity index (χ2n) is 7.50. The molecule has 1 aromatic carbocycles. The standard InChI is InChI=1S/C20H23FN2/c1-2-12-9-13-3-5-17-19(12)23(20(13)17)8-7-14-11-22-18-10-15(21)4-6-16(14)18/h3-6,10-13,17,19-20,22H,2,7-9H2,1H3. The molecule has 2 nitrogen and oxygen atoms in total. The summed E-state index contributed by atoms with van der Waals surface area (Å²) < 4.78 is 13.3. The van der Waals surface area contributed by atoms with Gasteiger partial charge in [-0.15, -0.1) is 0 Å². The van der Waals surface area contributed by atoms with E-state index >= 15 is 0 Å². The third kappa shape index (κ3) is 1.89. The monoisotopic (exact) mass is 310 g/mol. The van der Waals surface area contributed by atoms with Crippen LogP contribution in [-0.4, -0.2) is 28.5 Å². The van der Waals surface area contributed by atoms with E-state index in [2.05, 4.69) is 35.2 Å². The van der Waals surface area contributed by atoms with E-state index in [1.54, 1.807) is 12.1 Å². The van der Waals surface area contributed by atoms with Crippen LogP contribution in [0, 0.1) is 23.6 Å². The van der Waals surface area contributed by atoms with Gasteiger partial charge in [0, 0.05) is 41.6 Å². The van der Waals surface area contributed by atoms with Crippen molar-refractivity contribution in [3.63, 3.8) is 0 Å². The zero-order valence-electron chi connectivity index (χ0n) is 13.5. The first-order chi connectivity index (χ1) is 11.3. The van der Waals surface area contributed by atoms with Crippen LogP contribution in [-0.2, 0) is 6.42 Å². The zero-order valence-corrected chi connectivity index (χ0v) is 13.5. The topological polar surface area (TPSA) is 19.0 Å². The van der Waals surface area contributed by atoms with Crippen molar-refractivity contribution in [2.75, 3.05) is 6.54 Å². The smallest absolute Gasteiger partial charge is 0.125 e. The summed E-state index contributed by atoms with van der Waals surface area (Å²) in [6, 6.07) is 6.60. The van der Waals surface area contributed by atoms with Gasteiger partial charge < -0.3 is 4.98 Å². The number of H-pyrrole nitrogens is 1. The largest absolute Gasteiger partial charge is 0.361 e. The minimum atomic E-state index is -0.170. The Bertz CT molecular complexity index is 769. The molecule has 5 atom stereocenters. The van der Waals surface area contributed by atoms with E-state index in [4.69, 9.17) is 0 Å². The molecule has 4 aliphatic rings. The number of hydrogen-bond acceptors (Lipinski definition) is 1. The minimum Gasteiger partial charge on any atom is -0.361 e. The molecule has 0 spiro atoms. The number of nitrogens with one attached hydrogen (secondary N) is 1. The second kappa shape index (κ2) is 4.94. The van der Waals surface area contributed by atoms with Gasteiger partial charge in [0.25, 0.3) is 0 Å². The average Bonchev–Trinajstić information content (AvgIpc) is 3.06. The van der Waals surface area contributed by atoms with Crippen molar-refractivity contribution in [2.24, 2.45) is 17.8 Å². The highest BCUT2D eigenvalue weighted by molar-refractivity contribution is 5.83. The fourth-order valence-corrected chi connectivity index (χ4v) is 5.50. The summed E-state index contributed by atoms with van der Waals surface area (Å²) in [5.41, 5.74) is 2.23. The number of benzene rings is 1. The summed E-state index contributed by atoms with van der Waals surface area (Å²) in [5, 5.41) is 1.17. The van der Waals surface area contributed by atoms with Gasteiger partial charge in [-0.05, 0) is 48.4 Å². The van der Waals surface area contributed by atoms with Crippen LogP contribution in [0.3, 0.4) is 0 Å². The van der Waals surface area contributed by atoms with Gasteiger partial charge in [-0.3, -0.25) is 4.90 Å². The van der Waals surface area contributed by atoms with Crippen LogP contribution in [0.25, 0.3) is 10.9 Å². The quantitative estimate of drug-likeness (QED) is 0.841. The minimum absolute atomic E-state index is 0.170. The molecule has 4 bridgehead atoms. The van der Waals surface area contributed by atoms with E-state index < -0.39 is 0 Å². The van der Waals surface area contributed by atoms with E-state index in [0.717, 1.165) is 48.3 Å². The van der Waals surface area contributed by atoms with Crippen molar-refractivity contribution < 1.29 is 4.39 Å². The van der Waals surface area contributed by atoms with Crippen molar-refractivity contribution in [1.82, 2.24) is 9.88 Å². The lowest BCUT2D eigenvalue weighted by Gasteiger charge is -2.62. The van der Waals surface area contributed by atoms with Crippen molar-refractivity contribution in [2.45, 2.75) is 38.3 Å². The second-order valence-corrected chi connectivity index (χ2v) is 7.50. The highest BCUT2D eigenvalue weighted by atomic mass is 19.1. The number of piperidine rings is 1. The predicted octanol–water partition coefficient (Wildman–Crippen LogP) is 4.13. The molecule has 1 N–H and O–H groups in total. The lowest BCUT2D eigenvalue weighted by molar-refractivity contribution is -0.117. The number of fused-ring (bicyclic) bond motifs is 2. The molecule has 2 aliphatic carbocycles. The molecule has 1 saturated carbocycles. The van der Waals surface area contributed by atoms with E-state index in [9.17, 15) is 4.39 Å². The van der Waals surface area contributed by atoms with Crippen LogP contribution in [0.1, 0.15) is 25.3 Å². The summed E-state index contributed by atoms with van der Waals surface area (Å²) in [6.07, 6.45) is 10.8. The van der Waals surface area contributed by atoms with Crippen LogP contribution in [0.4, 0.5) is 4.39 Å². The number of halogens is 1. The molecular weight excluding hydrogens is 287 g/mol. The highest BCUT2D eigenvalue weighted by Gasteiger charge is 2.58. The molecule has 5 unspecified atom stereocenters. The Hall–Kier alpha value is -1.61. The van der Waals surface area contributed by atoms with Crippen molar-refractivity contribution >= 4 is 10.9 Å². The van der Waals surface area contributed by atoms with Crippen LogP contribution in [0.15, 0.2) is 36.5 Å². The van der Waals surface area contributed by atoms with Gasteiger partial charge in [-0.2, -0.15) is 0 Å². The Balaban J connectivity index is 1.35. The number of hydrogen-bond donors (Lipinski definition) is 1. The lowest BCUT2D eigenvalue weighted by Crippen LogP contribution is -2.70. The van der Waals surface area contributed by atoms with Crippen molar-refractivity contribution in [3.05, 3.63) is 47.9 Å². The van der Waals surface area contributed by atoms with Crippen molar-refractivity contribution in [1.29, 1.82) is 0 Å². The fraction of sp³-hybridized carbons (Fsp3) is 0.500. The van der Waals surface area contributed by atoms with E-state index in [0.29, 0.717) is 0 Å². The van der Waals surface area contributed by atoms with Gasteiger partial charge in [-0.1, -0.05) is 25.5 Å². The highest BCUT2D eigenvalue weighted by Crippen LogP contribution is 2.54. The molecule has 3 heteroatoms. The first kappa shape index (κ1) is 13.8. The van der Waals surface area contributed by atoms with Crippen LogP contribution >= 0.6 is 0 Å². The number of nitrogens with zero attached hydrogens (tertiary/aromatic N) is 1. The van der Waals surface area contributed by atoms with Crippen molar-refractivity contribution in [3.8, 4) is 0 Å². The normalized spacial score (nSPS) is 35.0. The van der Waals surface area contributed by atoms with Gasteiger partial charge in [0.15, 0.2) is 0 Å². The SMILES string of the molecule is CCC1CC2C=CC3C2N(CCc2c[nH]c4cc(F)ccc24)C13. The van der Waals surface area contributed by atoms with Gasteiger partial charge >= 0.3 is 0 Å². The van der Waals surface area contributed by atoms with Gasteiger partial charge in [-0.25, -0.2) is 4.39 Å². The van der Waals surface area contributed by atoms with E-state index in [-0.39, 0.29) is 5.82 Å². The first-order valence-electron chi connectivity index (χ1n) is 8.96. The third-order valence-corrected chi connectivity index (χ3v) is 6.52. The number of aromatic nitrogens is 1. The lowest BCUT2D eigenvalue weighted by atomic mass is 9.63. The number of aromatic amines is 1. The van der Waals surface area contributed by atoms with Crippen LogP contribution < -0.4 is 0 Å². The maximum atomic E-state index is 13.3. The molecule has 2 saturated heterocycles. The Morgan fingerprint density at radius 3 is 3.00 bits per heavy atom. The molecule has 0 amide bonds. The Morgan fingerprint density at radius 2 is 2.17 bits per heavy atom. The summed E-state index contributed by atoms with van der Waals surface area (Å²) in [5.74, 6) is 2.29. The molecule has 3 fully saturated rings. The van der Waals surface area contributed by atoms with Crippen LogP contribution in [0.2, 0.25) is 0 Å². The third-order valence-electron chi connectivity index (χ3n) is 6.52. The summed E-state index contributed by atoms with van der Waals surface area (Å²) in [7, 11) is 0. The van der Waals surface area contributed by atoms with Gasteiger partial charge in [0.1, 0.15) is 5.82 Å². The number of rotatable bonds is 4. The molecule has 23 heavy (non-hydrogen) atoms. The summed E-state index contributed by atoms with van der Waals surface area (Å²) in [6.45, 7) is 3.47. The molecule has 120 valence electrons. The van der Waals surface area contributed by atoms with Gasteiger partial charge in [0.05, 0.1) is 0 Å². The Labute approximate surface area is 136 Å². The molecular formula is C20H23FN2. The maximum absolute atomic E-state index is 13.3. The molecule has 2 aliphatic heterocycles. The Kier molecular flexibility index (Phi) is 2.96.